The molecule has 0 radical (unpaired) electrons. The van der Waals surface area contributed by atoms with E-state index in [0.717, 1.165) is 16.5 Å². The van der Waals surface area contributed by atoms with E-state index in [9.17, 15) is 4.79 Å². The van der Waals surface area contributed by atoms with E-state index in [1.165, 1.54) is 0 Å². The van der Waals surface area contributed by atoms with Crippen molar-refractivity contribution in [2.75, 3.05) is 0 Å². The van der Waals surface area contributed by atoms with E-state index in [1.54, 1.807) is 21.5 Å². The van der Waals surface area contributed by atoms with Crippen molar-refractivity contribution in [3.63, 3.8) is 0 Å². The maximum atomic E-state index is 12.0. The topological polar surface area (TPSA) is 39.8 Å². The largest absolute Gasteiger partial charge is 0.328 e. The SMILES string of the molecule is CCn1ccn(Cc2cc3ccccc3nc2Cl)c1=O. The fraction of sp³-hybridized carbons (Fsp3) is 0.200. The fourth-order valence-electron chi connectivity index (χ4n) is 2.25. The summed E-state index contributed by atoms with van der Waals surface area (Å²) >= 11 is 6.21. The van der Waals surface area contributed by atoms with Crippen LogP contribution in [0.15, 0.2) is 47.5 Å². The third-order valence-electron chi connectivity index (χ3n) is 3.35. The molecule has 2 aromatic heterocycles. The molecule has 20 heavy (non-hydrogen) atoms. The summed E-state index contributed by atoms with van der Waals surface area (Å²) in [6, 6.07) is 9.78. The van der Waals surface area contributed by atoms with Crippen molar-refractivity contribution >= 4 is 22.5 Å². The lowest BCUT2D eigenvalue weighted by Gasteiger charge is -2.06. The number of nitrogens with zero attached hydrogens (tertiary/aromatic N) is 3. The average Bonchev–Trinajstić information content (AvgIpc) is 2.80. The van der Waals surface area contributed by atoms with E-state index >= 15 is 0 Å². The first kappa shape index (κ1) is 12.9. The van der Waals surface area contributed by atoms with Gasteiger partial charge in [-0.15, -0.1) is 0 Å². The van der Waals surface area contributed by atoms with E-state index in [4.69, 9.17) is 11.6 Å². The van der Waals surface area contributed by atoms with Crippen molar-refractivity contribution < 1.29 is 0 Å². The Morgan fingerprint density at radius 1 is 1.20 bits per heavy atom. The maximum absolute atomic E-state index is 12.0. The van der Waals surface area contributed by atoms with Gasteiger partial charge >= 0.3 is 5.69 Å². The second-order valence-electron chi connectivity index (χ2n) is 4.63. The first-order valence-corrected chi connectivity index (χ1v) is 6.86. The number of para-hydroxylation sites is 1. The highest BCUT2D eigenvalue weighted by molar-refractivity contribution is 6.30. The zero-order valence-electron chi connectivity index (χ0n) is 11.1. The Kier molecular flexibility index (Phi) is 3.32. The van der Waals surface area contributed by atoms with Crippen molar-refractivity contribution in [2.45, 2.75) is 20.0 Å². The monoisotopic (exact) mass is 287 g/mol. The van der Waals surface area contributed by atoms with Crippen molar-refractivity contribution in [1.29, 1.82) is 0 Å². The van der Waals surface area contributed by atoms with Gasteiger partial charge in [0.05, 0.1) is 12.1 Å². The second-order valence-corrected chi connectivity index (χ2v) is 4.98. The Balaban J connectivity index is 2.03. The Hall–Kier alpha value is -2.07. The Morgan fingerprint density at radius 2 is 1.95 bits per heavy atom. The van der Waals surface area contributed by atoms with Crippen LogP contribution in [0.4, 0.5) is 0 Å². The van der Waals surface area contributed by atoms with E-state index in [2.05, 4.69) is 4.98 Å². The molecule has 3 aromatic rings. The van der Waals surface area contributed by atoms with Gasteiger partial charge in [-0.2, -0.15) is 0 Å². The van der Waals surface area contributed by atoms with Crippen molar-refractivity contribution in [1.82, 2.24) is 14.1 Å². The number of imidazole rings is 1. The molecule has 0 saturated carbocycles. The van der Waals surface area contributed by atoms with Gasteiger partial charge in [0.25, 0.3) is 0 Å². The number of fused-ring (bicyclic) bond motifs is 1. The number of aryl methyl sites for hydroxylation is 1. The van der Waals surface area contributed by atoms with Crippen LogP contribution in [0.5, 0.6) is 0 Å². The number of benzene rings is 1. The van der Waals surface area contributed by atoms with Crippen LogP contribution >= 0.6 is 11.6 Å². The molecule has 0 fully saturated rings. The summed E-state index contributed by atoms with van der Waals surface area (Å²) in [7, 11) is 0. The third-order valence-corrected chi connectivity index (χ3v) is 3.68. The van der Waals surface area contributed by atoms with Crippen LogP contribution in [-0.4, -0.2) is 14.1 Å². The predicted octanol–water partition coefficient (Wildman–Crippen LogP) is 2.92. The number of rotatable bonds is 3. The van der Waals surface area contributed by atoms with Gasteiger partial charge in [0.1, 0.15) is 5.15 Å². The zero-order chi connectivity index (χ0) is 14.1. The van der Waals surface area contributed by atoms with Crippen LogP contribution in [0.3, 0.4) is 0 Å². The summed E-state index contributed by atoms with van der Waals surface area (Å²) in [4.78, 5) is 16.4. The van der Waals surface area contributed by atoms with Gasteiger partial charge in [-0.1, -0.05) is 29.8 Å². The molecule has 0 bridgehead atoms. The van der Waals surface area contributed by atoms with Crippen LogP contribution in [0.2, 0.25) is 5.15 Å². The van der Waals surface area contributed by atoms with E-state index in [0.29, 0.717) is 18.2 Å². The first-order valence-electron chi connectivity index (χ1n) is 6.49. The number of halogens is 1. The summed E-state index contributed by atoms with van der Waals surface area (Å²) in [5, 5.41) is 1.47. The average molecular weight is 288 g/mol. The normalized spacial score (nSPS) is 11.1. The molecular weight excluding hydrogens is 274 g/mol. The van der Waals surface area contributed by atoms with Crippen molar-refractivity contribution in [3.8, 4) is 0 Å². The lowest BCUT2D eigenvalue weighted by Crippen LogP contribution is -2.24. The molecule has 4 nitrogen and oxygen atoms in total. The van der Waals surface area contributed by atoms with Crippen LogP contribution in [0, 0.1) is 0 Å². The molecule has 0 atom stereocenters. The second kappa shape index (κ2) is 5.13. The summed E-state index contributed by atoms with van der Waals surface area (Å²) in [5.41, 5.74) is 1.68. The predicted molar refractivity (Wildman–Crippen MR) is 80.2 cm³/mol. The summed E-state index contributed by atoms with van der Waals surface area (Å²) in [5.74, 6) is 0. The molecule has 1 aromatic carbocycles. The molecular formula is C15H14ClN3O. The Labute approximate surface area is 121 Å². The van der Waals surface area contributed by atoms with Crippen molar-refractivity contribution in [2.24, 2.45) is 0 Å². The van der Waals surface area contributed by atoms with Crippen LogP contribution < -0.4 is 5.69 Å². The van der Waals surface area contributed by atoms with Crippen LogP contribution in [0.25, 0.3) is 10.9 Å². The van der Waals surface area contributed by atoms with Crippen molar-refractivity contribution in [3.05, 3.63) is 63.9 Å². The minimum Gasteiger partial charge on any atom is -0.300 e. The number of pyridine rings is 1. The number of aromatic nitrogens is 3. The highest BCUT2D eigenvalue weighted by Gasteiger charge is 2.08. The zero-order valence-corrected chi connectivity index (χ0v) is 11.8. The van der Waals surface area contributed by atoms with E-state index < -0.39 is 0 Å². The summed E-state index contributed by atoms with van der Waals surface area (Å²) in [6.07, 6.45) is 3.56. The highest BCUT2D eigenvalue weighted by Crippen LogP contribution is 2.20. The standard InChI is InChI=1S/C15H14ClN3O/c1-2-18-7-8-19(15(18)20)10-12-9-11-5-3-4-6-13(11)17-14(12)16/h3-9H,2,10H2,1H3. The molecule has 5 heteroatoms. The fourth-order valence-corrected chi connectivity index (χ4v) is 2.45. The smallest absolute Gasteiger partial charge is 0.300 e. The Bertz CT molecular complexity index is 819. The molecule has 0 amide bonds. The van der Waals surface area contributed by atoms with E-state index in [-0.39, 0.29) is 5.69 Å². The summed E-state index contributed by atoms with van der Waals surface area (Å²) < 4.78 is 3.30. The third kappa shape index (κ3) is 2.23. The minimum absolute atomic E-state index is 0.0308. The lowest BCUT2D eigenvalue weighted by molar-refractivity contribution is 0.668. The van der Waals surface area contributed by atoms with Gasteiger partial charge in [0, 0.05) is 29.9 Å². The molecule has 3 rings (SSSR count). The highest BCUT2D eigenvalue weighted by atomic mass is 35.5. The van der Waals surface area contributed by atoms with Gasteiger partial charge in [-0.25, -0.2) is 9.78 Å². The molecule has 0 unspecified atom stereocenters. The van der Waals surface area contributed by atoms with Gasteiger partial charge < -0.3 is 0 Å². The maximum Gasteiger partial charge on any atom is 0.328 e. The molecule has 0 N–H and O–H groups in total. The van der Waals surface area contributed by atoms with E-state index in [1.807, 2.05) is 37.3 Å². The number of hydrogen-bond acceptors (Lipinski definition) is 2. The number of hydrogen-bond donors (Lipinski definition) is 0. The van der Waals surface area contributed by atoms with Crippen LogP contribution in [0.1, 0.15) is 12.5 Å². The van der Waals surface area contributed by atoms with Crippen LogP contribution in [-0.2, 0) is 13.1 Å². The molecule has 0 aliphatic carbocycles. The quantitative estimate of drug-likeness (QED) is 0.695. The molecule has 0 spiro atoms. The molecule has 0 saturated heterocycles. The summed E-state index contributed by atoms with van der Waals surface area (Å²) in [6.45, 7) is 3.04. The van der Waals surface area contributed by atoms with Gasteiger partial charge in [-0.3, -0.25) is 9.13 Å². The molecule has 0 aliphatic heterocycles. The molecule has 102 valence electrons. The molecule has 0 aliphatic rings. The van der Waals surface area contributed by atoms with Gasteiger partial charge in [0.2, 0.25) is 0 Å². The Morgan fingerprint density at radius 3 is 2.70 bits per heavy atom. The van der Waals surface area contributed by atoms with Gasteiger partial charge in [-0.05, 0) is 19.1 Å². The first-order chi connectivity index (χ1) is 9.69. The molecule has 2 heterocycles. The van der Waals surface area contributed by atoms with Gasteiger partial charge in [0.15, 0.2) is 0 Å². The minimum atomic E-state index is -0.0308. The lowest BCUT2D eigenvalue weighted by atomic mass is 10.1.